The van der Waals surface area contributed by atoms with Crippen molar-refractivity contribution in [3.8, 4) is 5.75 Å². The molecule has 0 fully saturated rings. The number of carbonyl (C=O) groups is 1. The van der Waals surface area contributed by atoms with E-state index in [9.17, 15) is 9.18 Å². The van der Waals surface area contributed by atoms with Gasteiger partial charge in [0.15, 0.2) is 10.8 Å². The van der Waals surface area contributed by atoms with Gasteiger partial charge in [0.05, 0.1) is 31.2 Å². The minimum absolute atomic E-state index is 0.0538. The standard InChI is InChI=1S/C22H26ClFN4O3/c1-13(2)17-11-25-20-16(10-19(23)26-28(17)20)27(21(29)31-22(3,4)5)12-14-7-8-15(24)9-18(14)30-6/h7-11,13H,12H2,1-6H3. The van der Waals surface area contributed by atoms with Gasteiger partial charge in [0, 0.05) is 17.7 Å². The third kappa shape index (κ3) is 5.07. The second-order valence-corrected chi connectivity index (χ2v) is 8.84. The Kier molecular flexibility index (Phi) is 6.40. The molecule has 1 amide bonds. The van der Waals surface area contributed by atoms with Gasteiger partial charge < -0.3 is 9.47 Å². The second kappa shape index (κ2) is 8.70. The first kappa shape index (κ1) is 22.8. The van der Waals surface area contributed by atoms with E-state index in [2.05, 4.69) is 10.1 Å². The number of hydrogen-bond acceptors (Lipinski definition) is 5. The van der Waals surface area contributed by atoms with Gasteiger partial charge in [-0.05, 0) is 32.8 Å². The molecule has 7 nitrogen and oxygen atoms in total. The van der Waals surface area contributed by atoms with Gasteiger partial charge in [0.1, 0.15) is 17.2 Å². The van der Waals surface area contributed by atoms with Crippen LogP contribution in [0.5, 0.6) is 5.75 Å². The number of hydrogen-bond donors (Lipinski definition) is 0. The summed E-state index contributed by atoms with van der Waals surface area (Å²) in [6, 6.07) is 5.71. The summed E-state index contributed by atoms with van der Waals surface area (Å²) in [5.74, 6) is 0.0190. The summed E-state index contributed by atoms with van der Waals surface area (Å²) >= 11 is 6.31. The Labute approximate surface area is 185 Å². The Balaban J connectivity index is 2.16. The minimum atomic E-state index is -0.728. The molecule has 0 aliphatic rings. The maximum atomic E-state index is 13.7. The molecule has 9 heteroatoms. The number of carbonyl (C=O) groups excluding carboxylic acids is 1. The largest absolute Gasteiger partial charge is 0.496 e. The van der Waals surface area contributed by atoms with Crippen LogP contribution in [0.2, 0.25) is 5.15 Å². The second-order valence-electron chi connectivity index (χ2n) is 8.45. The number of benzene rings is 1. The molecule has 0 saturated heterocycles. The number of nitrogens with zero attached hydrogens (tertiary/aromatic N) is 4. The van der Waals surface area contributed by atoms with E-state index >= 15 is 0 Å². The molecule has 0 saturated carbocycles. The van der Waals surface area contributed by atoms with Gasteiger partial charge in [-0.2, -0.15) is 5.10 Å². The van der Waals surface area contributed by atoms with Gasteiger partial charge in [-0.15, -0.1) is 0 Å². The molecule has 0 aliphatic heterocycles. The predicted octanol–water partition coefficient (Wildman–Crippen LogP) is 5.60. The van der Waals surface area contributed by atoms with Crippen LogP contribution in [0.25, 0.3) is 5.65 Å². The van der Waals surface area contributed by atoms with Gasteiger partial charge in [-0.1, -0.05) is 31.5 Å². The zero-order valence-electron chi connectivity index (χ0n) is 18.4. The molecule has 0 bridgehead atoms. The normalized spacial score (nSPS) is 11.8. The summed E-state index contributed by atoms with van der Waals surface area (Å²) in [4.78, 5) is 19.1. The summed E-state index contributed by atoms with van der Waals surface area (Å²) in [5.41, 5.74) is 1.60. The lowest BCUT2D eigenvalue weighted by atomic mass is 10.1. The highest BCUT2D eigenvalue weighted by Gasteiger charge is 2.28. The van der Waals surface area contributed by atoms with Gasteiger partial charge >= 0.3 is 6.09 Å². The minimum Gasteiger partial charge on any atom is -0.496 e. The average Bonchev–Trinajstić information content (AvgIpc) is 3.08. The first-order valence-electron chi connectivity index (χ1n) is 9.87. The molecular weight excluding hydrogens is 423 g/mol. The topological polar surface area (TPSA) is 69.0 Å². The highest BCUT2D eigenvalue weighted by molar-refractivity contribution is 6.29. The van der Waals surface area contributed by atoms with Gasteiger partial charge in [0.2, 0.25) is 0 Å². The SMILES string of the molecule is COc1cc(F)ccc1CN(C(=O)OC(C)(C)C)c1cc(Cl)nn2c(C(C)C)cnc12. The molecule has 0 radical (unpaired) electrons. The molecule has 0 aliphatic carbocycles. The summed E-state index contributed by atoms with van der Waals surface area (Å²) in [7, 11) is 1.45. The van der Waals surface area contributed by atoms with Crippen LogP contribution in [0.3, 0.4) is 0 Å². The van der Waals surface area contributed by atoms with E-state index in [-0.39, 0.29) is 17.6 Å². The fraction of sp³-hybridized carbons (Fsp3) is 0.409. The molecule has 1 aromatic carbocycles. The van der Waals surface area contributed by atoms with Crippen molar-refractivity contribution < 1.29 is 18.7 Å². The Hall–Kier alpha value is -2.87. The van der Waals surface area contributed by atoms with Gasteiger partial charge in [-0.3, -0.25) is 4.90 Å². The zero-order valence-corrected chi connectivity index (χ0v) is 19.2. The predicted molar refractivity (Wildman–Crippen MR) is 117 cm³/mol. The maximum Gasteiger partial charge on any atom is 0.415 e. The van der Waals surface area contributed by atoms with Crippen LogP contribution < -0.4 is 9.64 Å². The Morgan fingerprint density at radius 2 is 2.00 bits per heavy atom. The first-order valence-corrected chi connectivity index (χ1v) is 10.2. The third-order valence-corrected chi connectivity index (χ3v) is 4.70. The van der Waals surface area contributed by atoms with E-state index in [0.29, 0.717) is 22.6 Å². The maximum absolute atomic E-state index is 13.7. The Bertz CT molecular complexity index is 1110. The molecule has 0 atom stereocenters. The van der Waals surface area contributed by atoms with Crippen molar-refractivity contribution in [2.75, 3.05) is 12.0 Å². The number of imidazole rings is 1. The van der Waals surface area contributed by atoms with E-state index in [1.54, 1.807) is 43.6 Å². The van der Waals surface area contributed by atoms with Gasteiger partial charge in [0.25, 0.3) is 0 Å². The monoisotopic (exact) mass is 448 g/mol. The van der Waals surface area contributed by atoms with E-state index in [4.69, 9.17) is 21.1 Å². The van der Waals surface area contributed by atoms with Crippen LogP contribution in [-0.4, -0.2) is 33.4 Å². The van der Waals surface area contributed by atoms with E-state index in [0.717, 1.165) is 5.69 Å². The first-order chi connectivity index (χ1) is 14.5. The van der Waals surface area contributed by atoms with Crippen molar-refractivity contribution in [2.24, 2.45) is 0 Å². The van der Waals surface area contributed by atoms with Crippen molar-refractivity contribution in [1.82, 2.24) is 14.6 Å². The van der Waals surface area contributed by atoms with E-state index in [1.807, 2.05) is 13.8 Å². The highest BCUT2D eigenvalue weighted by Crippen LogP contribution is 2.31. The van der Waals surface area contributed by atoms with E-state index in [1.165, 1.54) is 24.1 Å². The summed E-state index contributed by atoms with van der Waals surface area (Å²) < 4.78 is 26.3. The van der Waals surface area contributed by atoms with Gasteiger partial charge in [-0.25, -0.2) is 18.7 Å². The van der Waals surface area contributed by atoms with E-state index < -0.39 is 17.5 Å². The average molecular weight is 449 g/mol. The number of ether oxygens (including phenoxy) is 2. The molecule has 31 heavy (non-hydrogen) atoms. The van der Waals surface area contributed by atoms with Crippen molar-refractivity contribution in [2.45, 2.75) is 52.7 Å². The fourth-order valence-electron chi connectivity index (χ4n) is 3.12. The number of rotatable bonds is 5. The Morgan fingerprint density at radius 3 is 2.61 bits per heavy atom. The number of anilines is 1. The van der Waals surface area contributed by atoms with Crippen LogP contribution >= 0.6 is 11.6 Å². The summed E-state index contributed by atoms with van der Waals surface area (Å²) in [6.45, 7) is 9.43. The lowest BCUT2D eigenvalue weighted by molar-refractivity contribution is 0.0577. The number of aromatic nitrogens is 3. The number of halogens is 2. The van der Waals surface area contributed by atoms with Crippen LogP contribution in [0.1, 0.15) is 51.8 Å². The van der Waals surface area contributed by atoms with Crippen LogP contribution in [0.4, 0.5) is 14.9 Å². The zero-order chi connectivity index (χ0) is 22.9. The third-order valence-electron chi connectivity index (χ3n) is 4.52. The number of amides is 1. The smallest absolute Gasteiger partial charge is 0.415 e. The summed E-state index contributed by atoms with van der Waals surface area (Å²) in [6.07, 6.45) is 1.11. The molecule has 0 N–H and O–H groups in total. The summed E-state index contributed by atoms with van der Waals surface area (Å²) in [5, 5.41) is 4.55. The quantitative estimate of drug-likeness (QED) is 0.508. The molecule has 166 valence electrons. The van der Waals surface area contributed by atoms with Crippen LogP contribution in [0.15, 0.2) is 30.5 Å². The van der Waals surface area contributed by atoms with Crippen molar-refractivity contribution in [3.63, 3.8) is 0 Å². The highest BCUT2D eigenvalue weighted by atomic mass is 35.5. The lowest BCUT2D eigenvalue weighted by Gasteiger charge is -2.28. The molecule has 0 spiro atoms. The molecule has 2 aromatic heterocycles. The molecular formula is C22H26ClFN4O3. The fourth-order valence-corrected chi connectivity index (χ4v) is 3.30. The lowest BCUT2D eigenvalue weighted by Crippen LogP contribution is -2.37. The molecule has 0 unspecified atom stereocenters. The Morgan fingerprint density at radius 1 is 1.29 bits per heavy atom. The van der Waals surface area contributed by atoms with Crippen molar-refractivity contribution in [1.29, 1.82) is 0 Å². The number of methoxy groups -OCH3 is 1. The van der Waals surface area contributed by atoms with Crippen molar-refractivity contribution in [3.05, 3.63) is 52.7 Å². The number of fused-ring (bicyclic) bond motifs is 1. The van der Waals surface area contributed by atoms with Crippen LogP contribution in [-0.2, 0) is 11.3 Å². The molecule has 3 aromatic rings. The van der Waals surface area contributed by atoms with Crippen molar-refractivity contribution >= 4 is 29.0 Å². The molecule has 2 heterocycles. The molecule has 3 rings (SSSR count). The van der Waals surface area contributed by atoms with Crippen LogP contribution in [0, 0.1) is 5.82 Å².